The Balaban J connectivity index is 2.91. The lowest BCUT2D eigenvalue weighted by Gasteiger charge is -2.12. The van der Waals surface area contributed by atoms with Crippen LogP contribution in [0.3, 0.4) is 0 Å². The number of carboxylic acid groups (broad SMARTS) is 1. The molecule has 1 atom stereocenters. The normalized spacial score (nSPS) is 12.1. The Labute approximate surface area is 92.7 Å². The van der Waals surface area contributed by atoms with Crippen LogP contribution in [-0.2, 0) is 11.2 Å². The highest BCUT2D eigenvalue weighted by atomic mass is 16.4. The van der Waals surface area contributed by atoms with Gasteiger partial charge in [0.2, 0.25) is 0 Å². The molecule has 0 radical (unpaired) electrons. The van der Waals surface area contributed by atoms with Crippen molar-refractivity contribution >= 4 is 11.8 Å². The molecule has 0 aliphatic carbocycles. The molecule has 3 N–H and O–H groups in total. The van der Waals surface area contributed by atoms with E-state index < -0.39 is 12.0 Å². The van der Waals surface area contributed by atoms with Gasteiger partial charge in [-0.15, -0.1) is 0 Å². The number of aromatic nitrogens is 2. The van der Waals surface area contributed by atoms with Crippen molar-refractivity contribution in [3.8, 4) is 0 Å². The van der Waals surface area contributed by atoms with E-state index in [-0.39, 0.29) is 5.56 Å². The van der Waals surface area contributed by atoms with E-state index in [1.165, 1.54) is 6.07 Å². The second-order valence-corrected chi connectivity index (χ2v) is 3.37. The maximum atomic E-state index is 11.2. The van der Waals surface area contributed by atoms with E-state index in [0.717, 1.165) is 0 Å². The Hall–Kier alpha value is -1.85. The lowest BCUT2D eigenvalue weighted by Crippen LogP contribution is -2.29. The molecule has 88 valence electrons. The molecule has 0 bridgehead atoms. The van der Waals surface area contributed by atoms with Crippen LogP contribution in [0.4, 0.5) is 5.82 Å². The summed E-state index contributed by atoms with van der Waals surface area (Å²) in [5.74, 6) is -0.118. The molecule has 0 spiro atoms. The number of H-pyrrole nitrogens is 1. The summed E-state index contributed by atoms with van der Waals surface area (Å²) in [5.41, 5.74) is -0.283. The van der Waals surface area contributed by atoms with Crippen LogP contribution in [0.15, 0.2) is 10.9 Å². The SMILES string of the molecule is CCc1nc(NC(CC)C(=O)O)cc(=O)[nH]1. The van der Waals surface area contributed by atoms with Gasteiger partial charge in [0.05, 0.1) is 0 Å². The minimum absolute atomic E-state index is 0.283. The number of hydrogen-bond donors (Lipinski definition) is 3. The number of rotatable bonds is 5. The number of nitrogens with zero attached hydrogens (tertiary/aromatic N) is 1. The Morgan fingerprint density at radius 1 is 1.62 bits per heavy atom. The fourth-order valence-corrected chi connectivity index (χ4v) is 1.27. The smallest absolute Gasteiger partial charge is 0.326 e. The largest absolute Gasteiger partial charge is 0.480 e. The van der Waals surface area contributed by atoms with Gasteiger partial charge in [-0.2, -0.15) is 0 Å². The topological polar surface area (TPSA) is 95.1 Å². The van der Waals surface area contributed by atoms with Gasteiger partial charge in [0.25, 0.3) is 5.56 Å². The third-order valence-corrected chi connectivity index (χ3v) is 2.15. The minimum atomic E-state index is -0.956. The van der Waals surface area contributed by atoms with Gasteiger partial charge in [-0.1, -0.05) is 13.8 Å². The maximum Gasteiger partial charge on any atom is 0.326 e. The number of carboxylic acids is 1. The summed E-state index contributed by atoms with van der Waals surface area (Å²) < 4.78 is 0. The van der Waals surface area contributed by atoms with E-state index in [1.807, 2.05) is 6.92 Å². The standard InChI is InChI=1S/C10H15N3O3/c1-3-6(10(15)16)11-8-5-9(14)13-7(4-2)12-8/h5-6H,3-4H2,1-2H3,(H,15,16)(H2,11,12,13,14). The van der Waals surface area contributed by atoms with Crippen LogP contribution < -0.4 is 10.9 Å². The summed E-state index contributed by atoms with van der Waals surface area (Å²) in [6, 6.07) is 0.532. The van der Waals surface area contributed by atoms with Crippen LogP contribution in [0.2, 0.25) is 0 Å². The second kappa shape index (κ2) is 5.29. The van der Waals surface area contributed by atoms with Crippen molar-refractivity contribution in [2.75, 3.05) is 5.32 Å². The van der Waals surface area contributed by atoms with Gasteiger partial charge in [-0.3, -0.25) is 4.79 Å². The number of aryl methyl sites for hydroxylation is 1. The van der Waals surface area contributed by atoms with E-state index in [0.29, 0.717) is 24.5 Å². The monoisotopic (exact) mass is 225 g/mol. The fourth-order valence-electron chi connectivity index (χ4n) is 1.27. The summed E-state index contributed by atoms with van der Waals surface area (Å²) in [4.78, 5) is 28.7. The highest BCUT2D eigenvalue weighted by Crippen LogP contribution is 2.04. The molecule has 0 aliphatic heterocycles. The molecule has 1 rings (SSSR count). The number of carbonyl (C=O) groups is 1. The molecule has 0 fully saturated rings. The van der Waals surface area contributed by atoms with Gasteiger partial charge in [0, 0.05) is 12.5 Å². The third-order valence-electron chi connectivity index (χ3n) is 2.15. The first kappa shape index (κ1) is 12.2. The minimum Gasteiger partial charge on any atom is -0.480 e. The van der Waals surface area contributed by atoms with Crippen molar-refractivity contribution in [2.24, 2.45) is 0 Å². The Morgan fingerprint density at radius 3 is 2.81 bits per heavy atom. The van der Waals surface area contributed by atoms with Crippen LogP contribution in [-0.4, -0.2) is 27.1 Å². The molecule has 1 unspecified atom stereocenters. The zero-order chi connectivity index (χ0) is 12.1. The zero-order valence-electron chi connectivity index (χ0n) is 9.28. The summed E-state index contributed by atoms with van der Waals surface area (Å²) in [6.07, 6.45) is 1.01. The number of anilines is 1. The first-order valence-electron chi connectivity index (χ1n) is 5.16. The van der Waals surface area contributed by atoms with Crippen molar-refractivity contribution in [1.29, 1.82) is 0 Å². The van der Waals surface area contributed by atoms with Crippen LogP contribution in [0, 0.1) is 0 Å². The third kappa shape index (κ3) is 3.08. The van der Waals surface area contributed by atoms with Crippen molar-refractivity contribution < 1.29 is 9.90 Å². The van der Waals surface area contributed by atoms with Crippen LogP contribution in [0.1, 0.15) is 26.1 Å². The second-order valence-electron chi connectivity index (χ2n) is 3.37. The average Bonchev–Trinajstić information content (AvgIpc) is 2.24. The van der Waals surface area contributed by atoms with Crippen LogP contribution >= 0.6 is 0 Å². The van der Waals surface area contributed by atoms with Gasteiger partial charge < -0.3 is 15.4 Å². The van der Waals surface area contributed by atoms with E-state index in [2.05, 4.69) is 15.3 Å². The zero-order valence-corrected chi connectivity index (χ0v) is 9.28. The summed E-state index contributed by atoms with van der Waals surface area (Å²) >= 11 is 0. The predicted octanol–water partition coefficient (Wildman–Crippen LogP) is 0.607. The molecule has 16 heavy (non-hydrogen) atoms. The molecular formula is C10H15N3O3. The Morgan fingerprint density at radius 2 is 2.31 bits per heavy atom. The number of aliphatic carboxylic acids is 1. The van der Waals surface area contributed by atoms with Gasteiger partial charge in [0.1, 0.15) is 17.7 Å². The highest BCUT2D eigenvalue weighted by Gasteiger charge is 2.15. The molecule has 0 saturated heterocycles. The molecular weight excluding hydrogens is 210 g/mol. The predicted molar refractivity (Wildman–Crippen MR) is 59.6 cm³/mol. The van der Waals surface area contributed by atoms with Crippen LogP contribution in [0.25, 0.3) is 0 Å². The fraction of sp³-hybridized carbons (Fsp3) is 0.500. The maximum absolute atomic E-state index is 11.2. The lowest BCUT2D eigenvalue weighted by atomic mass is 10.2. The molecule has 1 aromatic rings. The first-order chi connectivity index (χ1) is 7.56. The summed E-state index contributed by atoms with van der Waals surface area (Å²) in [7, 11) is 0. The van der Waals surface area contributed by atoms with Crippen molar-refractivity contribution in [2.45, 2.75) is 32.7 Å². The van der Waals surface area contributed by atoms with Crippen molar-refractivity contribution in [3.05, 3.63) is 22.2 Å². The molecule has 0 amide bonds. The molecule has 6 nitrogen and oxygen atoms in total. The summed E-state index contributed by atoms with van der Waals surface area (Å²) in [5, 5.41) is 11.6. The van der Waals surface area contributed by atoms with Gasteiger partial charge >= 0.3 is 5.97 Å². The van der Waals surface area contributed by atoms with Gasteiger partial charge in [0.15, 0.2) is 0 Å². The van der Waals surface area contributed by atoms with Crippen LogP contribution in [0.5, 0.6) is 0 Å². The quantitative estimate of drug-likeness (QED) is 0.682. The summed E-state index contributed by atoms with van der Waals surface area (Å²) in [6.45, 7) is 3.61. The van der Waals surface area contributed by atoms with Gasteiger partial charge in [-0.25, -0.2) is 9.78 Å². The van der Waals surface area contributed by atoms with E-state index in [4.69, 9.17) is 5.11 Å². The number of hydrogen-bond acceptors (Lipinski definition) is 4. The highest BCUT2D eigenvalue weighted by molar-refractivity contribution is 5.76. The molecule has 0 aromatic carbocycles. The molecule has 1 aromatic heterocycles. The van der Waals surface area contributed by atoms with E-state index >= 15 is 0 Å². The average molecular weight is 225 g/mol. The number of nitrogens with one attached hydrogen (secondary N) is 2. The molecule has 0 saturated carbocycles. The van der Waals surface area contributed by atoms with Crippen molar-refractivity contribution in [1.82, 2.24) is 9.97 Å². The molecule has 1 heterocycles. The van der Waals surface area contributed by atoms with E-state index in [1.54, 1.807) is 6.92 Å². The molecule has 6 heteroatoms. The van der Waals surface area contributed by atoms with E-state index in [9.17, 15) is 9.59 Å². The Kier molecular flexibility index (Phi) is 4.04. The van der Waals surface area contributed by atoms with Crippen molar-refractivity contribution in [3.63, 3.8) is 0 Å². The first-order valence-corrected chi connectivity index (χ1v) is 5.16. The molecule has 0 aliphatic rings. The lowest BCUT2D eigenvalue weighted by molar-refractivity contribution is -0.137. The number of aromatic amines is 1. The van der Waals surface area contributed by atoms with Gasteiger partial charge in [-0.05, 0) is 6.42 Å². The Bertz CT molecular complexity index is 428.